The van der Waals surface area contributed by atoms with Crippen LogP contribution in [0.25, 0.3) is 11.0 Å². The largest absolute Gasteiger partial charge is 0.513 e. The van der Waals surface area contributed by atoms with Crippen molar-refractivity contribution in [3.8, 4) is 0 Å². The molecule has 2 aliphatic rings. The van der Waals surface area contributed by atoms with E-state index < -0.39 is 33.1 Å². The van der Waals surface area contributed by atoms with Crippen LogP contribution in [0.15, 0.2) is 48.7 Å². The lowest BCUT2D eigenvalue weighted by atomic mass is 9.85. The van der Waals surface area contributed by atoms with Crippen molar-refractivity contribution in [2.24, 2.45) is 0 Å². The Morgan fingerprint density at radius 2 is 1.79 bits per heavy atom. The second kappa shape index (κ2) is 6.05. The lowest BCUT2D eigenvalue weighted by Gasteiger charge is -2.32. The van der Waals surface area contributed by atoms with Crippen molar-refractivity contribution in [1.82, 2.24) is 8.96 Å². The Balaban J connectivity index is 1.93. The summed E-state index contributed by atoms with van der Waals surface area (Å²) in [6, 6.07) is 5.44. The average Bonchev–Trinajstić information content (AvgIpc) is 3.10. The molecule has 1 atom stereocenters. The van der Waals surface area contributed by atoms with Crippen LogP contribution >= 0.6 is 0 Å². The van der Waals surface area contributed by atoms with Crippen molar-refractivity contribution in [2.45, 2.75) is 57.0 Å². The highest BCUT2D eigenvalue weighted by atomic mass is 32.2. The molecule has 1 unspecified atom stereocenters. The van der Waals surface area contributed by atoms with Gasteiger partial charge in [0.15, 0.2) is 5.65 Å². The standard InChI is InChI=1S/C20H25BN2O4S/c1-18(2)19(3,4)27-21(26-18)16-14-15-10-9-13-22-17(15)23(16)28(24,25)20(5)11-7-6-8-12-20/h6-11,13-14H,12H2,1-5H3. The molecule has 2 aromatic rings. The van der Waals surface area contributed by atoms with Gasteiger partial charge in [0.2, 0.25) is 10.0 Å². The molecule has 0 amide bonds. The molecule has 6 nitrogen and oxygen atoms in total. The summed E-state index contributed by atoms with van der Waals surface area (Å²) < 4.78 is 40.2. The molecule has 148 valence electrons. The van der Waals surface area contributed by atoms with E-state index in [0.717, 1.165) is 5.39 Å². The Kier molecular flexibility index (Phi) is 4.20. The number of hydrogen-bond donors (Lipinski definition) is 0. The van der Waals surface area contributed by atoms with Gasteiger partial charge in [0, 0.05) is 11.6 Å². The molecule has 8 heteroatoms. The summed E-state index contributed by atoms with van der Waals surface area (Å²) in [6.07, 6.45) is 9.21. The molecule has 0 saturated carbocycles. The fraction of sp³-hybridized carbons (Fsp3) is 0.450. The third-order valence-electron chi connectivity index (χ3n) is 6.09. The van der Waals surface area contributed by atoms with Gasteiger partial charge < -0.3 is 9.31 Å². The second-order valence-corrected chi connectivity index (χ2v) is 10.9. The minimum atomic E-state index is -3.83. The van der Waals surface area contributed by atoms with Crippen molar-refractivity contribution in [3.63, 3.8) is 0 Å². The van der Waals surface area contributed by atoms with Gasteiger partial charge in [-0.2, -0.15) is 0 Å². The molecule has 0 bridgehead atoms. The molecule has 0 radical (unpaired) electrons. The molecule has 4 rings (SSSR count). The molecule has 0 spiro atoms. The summed E-state index contributed by atoms with van der Waals surface area (Å²) in [5.41, 5.74) is -0.325. The van der Waals surface area contributed by atoms with E-state index in [2.05, 4.69) is 4.98 Å². The highest BCUT2D eigenvalue weighted by molar-refractivity contribution is 7.91. The molecule has 1 saturated heterocycles. The summed E-state index contributed by atoms with van der Waals surface area (Å²) in [5, 5.41) is 0.731. The first-order valence-corrected chi connectivity index (χ1v) is 10.8. The molecular formula is C20H25BN2O4S. The van der Waals surface area contributed by atoms with Crippen LogP contribution in [0.1, 0.15) is 41.0 Å². The van der Waals surface area contributed by atoms with E-state index in [-0.39, 0.29) is 0 Å². The quantitative estimate of drug-likeness (QED) is 0.741. The molecule has 1 fully saturated rings. The maximum absolute atomic E-state index is 13.8. The number of aromatic nitrogens is 2. The molecule has 2 aromatic heterocycles. The average molecular weight is 400 g/mol. The van der Waals surface area contributed by atoms with Crippen molar-refractivity contribution < 1.29 is 17.7 Å². The van der Waals surface area contributed by atoms with E-state index in [0.29, 0.717) is 17.7 Å². The summed E-state index contributed by atoms with van der Waals surface area (Å²) in [4.78, 5) is 4.37. The third kappa shape index (κ3) is 2.69. The van der Waals surface area contributed by atoms with Crippen molar-refractivity contribution in [2.75, 3.05) is 0 Å². The van der Waals surface area contributed by atoms with E-state index in [1.54, 1.807) is 37.4 Å². The lowest BCUT2D eigenvalue weighted by molar-refractivity contribution is 0.00578. The summed E-state index contributed by atoms with van der Waals surface area (Å²) >= 11 is 0. The first-order chi connectivity index (χ1) is 13.0. The summed E-state index contributed by atoms with van der Waals surface area (Å²) in [7, 11) is -4.64. The van der Waals surface area contributed by atoms with Gasteiger partial charge in [-0.15, -0.1) is 0 Å². The Bertz CT molecular complexity index is 1080. The topological polar surface area (TPSA) is 70.4 Å². The van der Waals surface area contributed by atoms with E-state index in [1.165, 1.54) is 3.97 Å². The minimum Gasteiger partial charge on any atom is -0.398 e. The van der Waals surface area contributed by atoms with Gasteiger partial charge in [-0.3, -0.25) is 0 Å². The van der Waals surface area contributed by atoms with Crippen LogP contribution < -0.4 is 5.59 Å². The van der Waals surface area contributed by atoms with Crippen LogP contribution in [0.3, 0.4) is 0 Å². The van der Waals surface area contributed by atoms with Crippen LogP contribution in [0.2, 0.25) is 0 Å². The summed E-state index contributed by atoms with van der Waals surface area (Å²) in [6.45, 7) is 9.52. The van der Waals surface area contributed by atoms with Crippen molar-refractivity contribution in [3.05, 3.63) is 48.7 Å². The molecule has 3 heterocycles. The number of pyridine rings is 1. The zero-order valence-electron chi connectivity index (χ0n) is 16.8. The lowest BCUT2D eigenvalue weighted by Crippen LogP contribution is -2.47. The van der Waals surface area contributed by atoms with Crippen molar-refractivity contribution >= 4 is 33.8 Å². The van der Waals surface area contributed by atoms with Gasteiger partial charge in [0.25, 0.3) is 0 Å². The maximum Gasteiger partial charge on any atom is 0.513 e. The highest BCUT2D eigenvalue weighted by Gasteiger charge is 2.54. The van der Waals surface area contributed by atoms with Gasteiger partial charge in [-0.25, -0.2) is 17.4 Å². The van der Waals surface area contributed by atoms with Gasteiger partial charge in [-0.05, 0) is 59.2 Å². The van der Waals surface area contributed by atoms with Crippen LogP contribution in [-0.4, -0.2) is 40.4 Å². The monoisotopic (exact) mass is 400 g/mol. The first kappa shape index (κ1) is 19.4. The number of nitrogens with zero attached hydrogens (tertiary/aromatic N) is 2. The maximum atomic E-state index is 13.8. The zero-order valence-corrected chi connectivity index (χ0v) is 17.7. The zero-order chi connectivity index (χ0) is 20.4. The fourth-order valence-corrected chi connectivity index (χ4v) is 5.29. The van der Waals surface area contributed by atoms with Gasteiger partial charge >= 0.3 is 7.12 Å². The second-order valence-electron chi connectivity index (χ2n) is 8.65. The van der Waals surface area contributed by atoms with Crippen LogP contribution in [0.5, 0.6) is 0 Å². The number of hydrogen-bond acceptors (Lipinski definition) is 5. The number of allylic oxidation sites excluding steroid dienone is 3. The number of fused-ring (bicyclic) bond motifs is 1. The summed E-state index contributed by atoms with van der Waals surface area (Å²) in [5.74, 6) is 0. The molecule has 1 aliphatic carbocycles. The van der Waals surface area contributed by atoms with Crippen LogP contribution in [0.4, 0.5) is 0 Å². The highest BCUT2D eigenvalue weighted by Crippen LogP contribution is 2.38. The fourth-order valence-electron chi connectivity index (χ4n) is 3.52. The van der Waals surface area contributed by atoms with Crippen LogP contribution in [-0.2, 0) is 19.3 Å². The number of rotatable bonds is 3. The third-order valence-corrected chi connectivity index (χ3v) is 8.44. The molecular weight excluding hydrogens is 375 g/mol. The molecule has 1 aliphatic heterocycles. The minimum absolute atomic E-state index is 0.386. The molecule has 0 aromatic carbocycles. The van der Waals surface area contributed by atoms with Gasteiger partial charge in [0.05, 0.1) is 16.8 Å². The van der Waals surface area contributed by atoms with Gasteiger partial charge in [-0.1, -0.05) is 24.3 Å². The van der Waals surface area contributed by atoms with E-state index in [1.807, 2.05) is 45.9 Å². The molecule has 28 heavy (non-hydrogen) atoms. The Morgan fingerprint density at radius 3 is 2.39 bits per heavy atom. The van der Waals surface area contributed by atoms with Crippen LogP contribution in [0, 0.1) is 0 Å². The van der Waals surface area contributed by atoms with Crippen molar-refractivity contribution in [1.29, 1.82) is 0 Å². The normalized spacial score (nSPS) is 26.2. The van der Waals surface area contributed by atoms with Gasteiger partial charge in [0.1, 0.15) is 4.75 Å². The first-order valence-electron chi connectivity index (χ1n) is 9.40. The van der Waals surface area contributed by atoms with E-state index in [4.69, 9.17) is 9.31 Å². The Morgan fingerprint density at radius 1 is 1.11 bits per heavy atom. The predicted molar refractivity (Wildman–Crippen MR) is 111 cm³/mol. The Hall–Kier alpha value is -1.90. The predicted octanol–water partition coefficient (Wildman–Crippen LogP) is 2.79. The SMILES string of the molecule is CC1(C)OB(c2cc3cccnc3n2S(=O)(=O)C2(C)C=CC=CC2)OC1(C)C. The molecule has 0 N–H and O–H groups in total. The Labute approximate surface area is 166 Å². The smallest absolute Gasteiger partial charge is 0.398 e. The van der Waals surface area contributed by atoms with E-state index >= 15 is 0 Å². The van der Waals surface area contributed by atoms with E-state index in [9.17, 15) is 8.42 Å².